The molecule has 0 radical (unpaired) electrons. The third-order valence-corrected chi connectivity index (χ3v) is 8.50. The molecule has 1 aromatic heterocycles. The van der Waals surface area contributed by atoms with Crippen molar-refractivity contribution >= 4 is 46.6 Å². The van der Waals surface area contributed by atoms with Gasteiger partial charge in [0.1, 0.15) is 5.02 Å². The Morgan fingerprint density at radius 2 is 1.69 bits per heavy atom. The number of hydrogen-bond donors (Lipinski definition) is 3. The van der Waals surface area contributed by atoms with Gasteiger partial charge in [-0.15, -0.1) is 11.3 Å². The van der Waals surface area contributed by atoms with Crippen LogP contribution in [0.5, 0.6) is 5.75 Å². The Bertz CT molecular complexity index is 1110. The second-order valence-corrected chi connectivity index (χ2v) is 10.8. The molecular weight excluding hydrogens is 504 g/mol. The minimum atomic E-state index is -1.25. The molecule has 2 aromatic rings. The summed E-state index contributed by atoms with van der Waals surface area (Å²) in [6.45, 7) is -0.701. The van der Waals surface area contributed by atoms with Crippen LogP contribution >= 0.6 is 22.9 Å². The molecular formula is C26H31ClN2O6S. The van der Waals surface area contributed by atoms with E-state index >= 15 is 0 Å². The number of carbonyl (C=O) groups excluding carboxylic acids is 1. The third-order valence-electron chi connectivity index (χ3n) is 6.82. The van der Waals surface area contributed by atoms with E-state index < -0.39 is 18.5 Å². The van der Waals surface area contributed by atoms with Crippen LogP contribution in [-0.4, -0.2) is 46.9 Å². The highest BCUT2D eigenvalue weighted by Gasteiger charge is 2.30. The van der Waals surface area contributed by atoms with E-state index in [0.29, 0.717) is 10.4 Å². The molecule has 1 heterocycles. The number of nitrogens with zero attached hydrogens (tertiary/aromatic N) is 1. The number of hydrogen-bond acceptors (Lipinski definition) is 5. The quantitative estimate of drug-likeness (QED) is 0.360. The fourth-order valence-electron chi connectivity index (χ4n) is 5.11. The molecule has 0 unspecified atom stereocenters. The van der Waals surface area contributed by atoms with Crippen LogP contribution in [0.15, 0.2) is 24.3 Å². The van der Waals surface area contributed by atoms with Gasteiger partial charge in [0.2, 0.25) is 0 Å². The molecule has 194 valence electrons. The molecule has 0 aliphatic heterocycles. The number of carboxylic acids is 2. The lowest BCUT2D eigenvalue weighted by Gasteiger charge is -2.36. The van der Waals surface area contributed by atoms with Gasteiger partial charge in [0.05, 0.1) is 4.88 Å². The number of amides is 2. The molecule has 10 heteroatoms. The van der Waals surface area contributed by atoms with Crippen LogP contribution in [0.1, 0.15) is 73.9 Å². The lowest BCUT2D eigenvalue weighted by atomic mass is 9.93. The molecule has 0 spiro atoms. The average molecular weight is 535 g/mol. The van der Waals surface area contributed by atoms with E-state index in [1.807, 2.05) is 23.1 Å². The van der Waals surface area contributed by atoms with Crippen molar-refractivity contribution in [1.82, 2.24) is 5.32 Å². The van der Waals surface area contributed by atoms with Crippen molar-refractivity contribution in [2.24, 2.45) is 0 Å². The minimum Gasteiger partial charge on any atom is -0.479 e. The smallest absolute Gasteiger partial charge is 0.349 e. The number of carbonyl (C=O) groups is 3. The molecule has 2 aliphatic carbocycles. The number of halogens is 1. The van der Waals surface area contributed by atoms with E-state index in [-0.39, 0.29) is 33.8 Å². The Morgan fingerprint density at radius 1 is 1.03 bits per heavy atom. The number of anilines is 1. The molecule has 2 aliphatic rings. The van der Waals surface area contributed by atoms with Crippen LogP contribution in [0.25, 0.3) is 10.4 Å². The summed E-state index contributed by atoms with van der Waals surface area (Å²) in [6.07, 6.45) is 10.6. The number of aromatic carboxylic acids is 1. The van der Waals surface area contributed by atoms with Crippen LogP contribution < -0.4 is 15.0 Å². The molecule has 2 amide bonds. The van der Waals surface area contributed by atoms with E-state index in [0.717, 1.165) is 74.8 Å². The van der Waals surface area contributed by atoms with E-state index in [1.165, 1.54) is 6.42 Å². The maximum absolute atomic E-state index is 13.6. The van der Waals surface area contributed by atoms with Crippen molar-refractivity contribution in [3.8, 4) is 16.2 Å². The zero-order valence-electron chi connectivity index (χ0n) is 20.0. The number of aliphatic carboxylic acids is 1. The van der Waals surface area contributed by atoms with Crippen molar-refractivity contribution in [2.45, 2.75) is 76.3 Å². The van der Waals surface area contributed by atoms with E-state index in [4.69, 9.17) is 21.4 Å². The van der Waals surface area contributed by atoms with Gasteiger partial charge in [0, 0.05) is 17.8 Å². The Labute approximate surface area is 219 Å². The minimum absolute atomic E-state index is 0.0478. The number of nitrogens with one attached hydrogen (secondary N) is 1. The van der Waals surface area contributed by atoms with E-state index in [1.54, 1.807) is 6.07 Å². The normalized spacial score (nSPS) is 16.9. The van der Waals surface area contributed by atoms with Gasteiger partial charge in [-0.2, -0.15) is 0 Å². The first-order valence-electron chi connectivity index (χ1n) is 12.5. The van der Waals surface area contributed by atoms with Gasteiger partial charge in [0.25, 0.3) is 0 Å². The predicted molar refractivity (Wildman–Crippen MR) is 140 cm³/mol. The Kier molecular flexibility index (Phi) is 8.74. The Morgan fingerprint density at radius 3 is 2.33 bits per heavy atom. The topological polar surface area (TPSA) is 116 Å². The molecule has 8 nitrogen and oxygen atoms in total. The van der Waals surface area contributed by atoms with Crippen molar-refractivity contribution in [3.63, 3.8) is 0 Å². The van der Waals surface area contributed by atoms with Crippen LogP contribution in [0.2, 0.25) is 5.02 Å². The Hall–Kier alpha value is -2.78. The molecule has 0 saturated heterocycles. The van der Waals surface area contributed by atoms with E-state index in [2.05, 4.69) is 5.32 Å². The highest BCUT2D eigenvalue weighted by Crippen LogP contribution is 2.46. The summed E-state index contributed by atoms with van der Waals surface area (Å²) in [7, 11) is 0. The Balaban J connectivity index is 1.67. The van der Waals surface area contributed by atoms with Crippen molar-refractivity contribution in [2.75, 3.05) is 11.5 Å². The van der Waals surface area contributed by atoms with Crippen LogP contribution in [0.3, 0.4) is 0 Å². The number of ether oxygens (including phenoxy) is 1. The molecule has 2 fully saturated rings. The number of rotatable bonds is 8. The van der Waals surface area contributed by atoms with Crippen LogP contribution in [0.4, 0.5) is 10.5 Å². The van der Waals surface area contributed by atoms with Gasteiger partial charge in [-0.25, -0.2) is 14.4 Å². The maximum atomic E-state index is 13.6. The van der Waals surface area contributed by atoms with Gasteiger partial charge in [-0.05, 0) is 43.4 Å². The monoisotopic (exact) mass is 534 g/mol. The first-order chi connectivity index (χ1) is 17.3. The largest absolute Gasteiger partial charge is 0.479 e. The van der Waals surface area contributed by atoms with Crippen molar-refractivity contribution in [1.29, 1.82) is 0 Å². The molecule has 2 saturated carbocycles. The fraction of sp³-hybridized carbons (Fsp3) is 0.500. The lowest BCUT2D eigenvalue weighted by Crippen LogP contribution is -2.50. The molecule has 3 N–H and O–H groups in total. The highest BCUT2D eigenvalue weighted by molar-refractivity contribution is 7.18. The zero-order chi connectivity index (χ0) is 25.7. The van der Waals surface area contributed by atoms with Gasteiger partial charge in [-0.3, -0.25) is 4.90 Å². The van der Waals surface area contributed by atoms with Gasteiger partial charge in [-0.1, -0.05) is 62.3 Å². The molecule has 0 bridgehead atoms. The average Bonchev–Trinajstić information content (AvgIpc) is 3.21. The van der Waals surface area contributed by atoms with Crippen molar-refractivity contribution < 1.29 is 29.3 Å². The number of thiophene rings is 1. The first-order valence-corrected chi connectivity index (χ1v) is 13.6. The fourth-order valence-corrected chi connectivity index (χ4v) is 6.51. The first kappa shape index (κ1) is 26.3. The summed E-state index contributed by atoms with van der Waals surface area (Å²) >= 11 is 7.42. The van der Waals surface area contributed by atoms with Gasteiger partial charge in [0.15, 0.2) is 17.2 Å². The summed E-state index contributed by atoms with van der Waals surface area (Å²) in [5.74, 6) is -2.64. The number of urea groups is 1. The predicted octanol–water partition coefficient (Wildman–Crippen LogP) is 6.41. The number of benzene rings is 1. The second kappa shape index (κ2) is 12.0. The zero-order valence-corrected chi connectivity index (χ0v) is 21.6. The summed E-state index contributed by atoms with van der Waals surface area (Å²) in [5, 5.41) is 21.9. The summed E-state index contributed by atoms with van der Waals surface area (Å²) < 4.78 is 5.21. The standard InChI is InChI=1S/C26H31ClN2O6S/c27-21-22(35-15-20(30)31)24(25(32)33)36-23(21)16-8-7-13-19(14-16)29(18-11-5-2-6-12-18)26(34)28-17-9-3-1-4-10-17/h7-8,13-14,17-18H,1-6,9-12,15H2,(H,28,34)(H,30,31)(H,32,33). The molecule has 36 heavy (non-hydrogen) atoms. The highest BCUT2D eigenvalue weighted by atomic mass is 35.5. The SMILES string of the molecule is O=C(O)COc1c(C(=O)O)sc(-c2cccc(N(C(=O)NC3CCCCC3)C3CCCCC3)c2)c1Cl. The lowest BCUT2D eigenvalue weighted by molar-refractivity contribution is -0.139. The molecule has 4 rings (SSSR count). The molecule has 0 atom stereocenters. The second-order valence-electron chi connectivity index (χ2n) is 9.39. The van der Waals surface area contributed by atoms with E-state index in [9.17, 15) is 19.5 Å². The number of carboxylic acid groups (broad SMARTS) is 2. The van der Waals surface area contributed by atoms with Crippen molar-refractivity contribution in [3.05, 3.63) is 34.2 Å². The summed E-state index contributed by atoms with van der Waals surface area (Å²) in [6, 6.07) is 7.52. The third kappa shape index (κ3) is 6.13. The summed E-state index contributed by atoms with van der Waals surface area (Å²) in [5.41, 5.74) is 1.36. The molecule has 1 aromatic carbocycles. The van der Waals surface area contributed by atoms with Crippen LogP contribution in [0, 0.1) is 0 Å². The van der Waals surface area contributed by atoms with Gasteiger partial charge >= 0.3 is 18.0 Å². The summed E-state index contributed by atoms with van der Waals surface area (Å²) in [4.78, 5) is 38.5. The maximum Gasteiger partial charge on any atom is 0.349 e. The van der Waals surface area contributed by atoms with Gasteiger partial charge < -0.3 is 20.3 Å². The van der Waals surface area contributed by atoms with Crippen LogP contribution in [-0.2, 0) is 4.79 Å².